The van der Waals surface area contributed by atoms with Crippen molar-refractivity contribution in [3.8, 4) is 11.3 Å². The zero-order valence-corrected chi connectivity index (χ0v) is 10.9. The van der Waals surface area contributed by atoms with Gasteiger partial charge in [-0.2, -0.15) is 0 Å². The number of aryl methyl sites for hydroxylation is 1. The van der Waals surface area contributed by atoms with Gasteiger partial charge in [0.2, 0.25) is 0 Å². The standard InChI is InChI=1S/C15H17NO2/c1-4-16-13(9-10-14(16)15(17)18-3)12-7-5-11(2)6-8-12/h5-10H,4H2,1-3H3. The number of hydrogen-bond donors (Lipinski definition) is 0. The lowest BCUT2D eigenvalue weighted by atomic mass is 10.1. The average Bonchev–Trinajstić information content (AvgIpc) is 2.82. The quantitative estimate of drug-likeness (QED) is 0.775. The Morgan fingerprint density at radius 2 is 1.83 bits per heavy atom. The van der Waals surface area contributed by atoms with Crippen LogP contribution in [0.2, 0.25) is 0 Å². The van der Waals surface area contributed by atoms with Crippen LogP contribution in [0.15, 0.2) is 36.4 Å². The van der Waals surface area contributed by atoms with Crippen LogP contribution < -0.4 is 0 Å². The number of hydrogen-bond acceptors (Lipinski definition) is 2. The molecule has 94 valence electrons. The van der Waals surface area contributed by atoms with Crippen molar-refractivity contribution in [2.45, 2.75) is 20.4 Å². The van der Waals surface area contributed by atoms with E-state index in [0.29, 0.717) is 5.69 Å². The Kier molecular flexibility index (Phi) is 3.51. The maximum absolute atomic E-state index is 11.6. The van der Waals surface area contributed by atoms with Crippen LogP contribution in [0.5, 0.6) is 0 Å². The highest BCUT2D eigenvalue weighted by Gasteiger charge is 2.14. The number of nitrogens with zero attached hydrogens (tertiary/aromatic N) is 1. The highest BCUT2D eigenvalue weighted by Crippen LogP contribution is 2.23. The van der Waals surface area contributed by atoms with Crippen molar-refractivity contribution in [1.29, 1.82) is 0 Å². The van der Waals surface area contributed by atoms with Gasteiger partial charge in [0.25, 0.3) is 0 Å². The summed E-state index contributed by atoms with van der Waals surface area (Å²) >= 11 is 0. The van der Waals surface area contributed by atoms with Gasteiger partial charge in [0, 0.05) is 12.2 Å². The van der Waals surface area contributed by atoms with Crippen LogP contribution in [-0.2, 0) is 11.3 Å². The van der Waals surface area contributed by atoms with E-state index in [2.05, 4.69) is 31.2 Å². The Morgan fingerprint density at radius 1 is 1.17 bits per heavy atom. The molecular weight excluding hydrogens is 226 g/mol. The maximum atomic E-state index is 11.6. The van der Waals surface area contributed by atoms with Crippen LogP contribution in [0.3, 0.4) is 0 Å². The van der Waals surface area contributed by atoms with Gasteiger partial charge in [0.05, 0.1) is 7.11 Å². The maximum Gasteiger partial charge on any atom is 0.354 e. The van der Waals surface area contributed by atoms with Crippen LogP contribution in [0.1, 0.15) is 23.0 Å². The van der Waals surface area contributed by atoms with E-state index in [4.69, 9.17) is 4.74 Å². The van der Waals surface area contributed by atoms with E-state index < -0.39 is 0 Å². The number of rotatable bonds is 3. The fourth-order valence-corrected chi connectivity index (χ4v) is 2.07. The molecule has 0 N–H and O–H groups in total. The molecule has 1 heterocycles. The fourth-order valence-electron chi connectivity index (χ4n) is 2.07. The van der Waals surface area contributed by atoms with Crippen molar-refractivity contribution in [2.75, 3.05) is 7.11 Å². The Bertz CT molecular complexity index is 552. The normalized spacial score (nSPS) is 10.4. The summed E-state index contributed by atoms with van der Waals surface area (Å²) < 4.78 is 6.76. The average molecular weight is 243 g/mol. The number of ether oxygens (including phenoxy) is 1. The van der Waals surface area contributed by atoms with Gasteiger partial charge >= 0.3 is 5.97 Å². The van der Waals surface area contributed by atoms with Crippen molar-refractivity contribution < 1.29 is 9.53 Å². The number of methoxy groups -OCH3 is 1. The second-order valence-corrected chi connectivity index (χ2v) is 4.21. The Morgan fingerprint density at radius 3 is 2.39 bits per heavy atom. The first-order valence-corrected chi connectivity index (χ1v) is 6.02. The minimum absolute atomic E-state index is 0.296. The molecule has 1 aromatic heterocycles. The lowest BCUT2D eigenvalue weighted by Crippen LogP contribution is -2.10. The summed E-state index contributed by atoms with van der Waals surface area (Å²) in [6.07, 6.45) is 0. The molecule has 0 aliphatic heterocycles. The van der Waals surface area contributed by atoms with Crippen LogP contribution in [0.25, 0.3) is 11.3 Å². The number of carbonyl (C=O) groups is 1. The third kappa shape index (κ3) is 2.16. The summed E-state index contributed by atoms with van der Waals surface area (Å²) in [7, 11) is 1.40. The molecule has 0 radical (unpaired) electrons. The Hall–Kier alpha value is -2.03. The number of benzene rings is 1. The van der Waals surface area contributed by atoms with Crippen molar-refractivity contribution >= 4 is 5.97 Å². The number of esters is 1. The molecule has 0 saturated heterocycles. The molecule has 3 nitrogen and oxygen atoms in total. The van der Waals surface area contributed by atoms with Crippen LogP contribution in [0.4, 0.5) is 0 Å². The van der Waals surface area contributed by atoms with Gasteiger partial charge < -0.3 is 9.30 Å². The van der Waals surface area contributed by atoms with Crippen LogP contribution in [0, 0.1) is 6.92 Å². The van der Waals surface area contributed by atoms with Crippen molar-refractivity contribution in [1.82, 2.24) is 4.57 Å². The summed E-state index contributed by atoms with van der Waals surface area (Å²) in [6.45, 7) is 4.81. The topological polar surface area (TPSA) is 31.2 Å². The molecule has 0 saturated carbocycles. The lowest BCUT2D eigenvalue weighted by molar-refractivity contribution is 0.0589. The number of aromatic nitrogens is 1. The molecule has 0 aliphatic carbocycles. The minimum Gasteiger partial charge on any atom is -0.464 e. The molecule has 2 aromatic rings. The smallest absolute Gasteiger partial charge is 0.354 e. The predicted molar refractivity (Wildman–Crippen MR) is 71.6 cm³/mol. The van der Waals surface area contributed by atoms with Gasteiger partial charge in [-0.25, -0.2) is 4.79 Å². The van der Waals surface area contributed by atoms with Crippen LogP contribution in [-0.4, -0.2) is 17.6 Å². The van der Waals surface area contributed by atoms with Gasteiger partial charge in [-0.15, -0.1) is 0 Å². The van der Waals surface area contributed by atoms with Crippen molar-refractivity contribution in [3.05, 3.63) is 47.7 Å². The Labute approximate surface area is 107 Å². The molecule has 1 aromatic carbocycles. The van der Waals surface area contributed by atoms with Gasteiger partial charge in [-0.1, -0.05) is 29.8 Å². The fraction of sp³-hybridized carbons (Fsp3) is 0.267. The SMILES string of the molecule is CCn1c(C(=O)OC)ccc1-c1ccc(C)cc1. The first kappa shape index (κ1) is 12.4. The van der Waals surface area contributed by atoms with Crippen molar-refractivity contribution in [2.24, 2.45) is 0 Å². The zero-order chi connectivity index (χ0) is 13.1. The van der Waals surface area contributed by atoms with Gasteiger partial charge in [0.1, 0.15) is 5.69 Å². The van der Waals surface area contributed by atoms with E-state index in [9.17, 15) is 4.79 Å². The Balaban J connectivity index is 2.48. The summed E-state index contributed by atoms with van der Waals surface area (Å²) in [5, 5.41) is 0. The van der Waals surface area contributed by atoms with E-state index >= 15 is 0 Å². The first-order chi connectivity index (χ1) is 8.67. The van der Waals surface area contributed by atoms with Crippen LogP contribution >= 0.6 is 0 Å². The summed E-state index contributed by atoms with van der Waals surface area (Å²) in [5.41, 5.74) is 3.97. The largest absolute Gasteiger partial charge is 0.464 e. The third-order valence-corrected chi connectivity index (χ3v) is 3.04. The third-order valence-electron chi connectivity index (χ3n) is 3.04. The lowest BCUT2D eigenvalue weighted by Gasteiger charge is -2.10. The van der Waals surface area contributed by atoms with Gasteiger partial charge in [0.15, 0.2) is 0 Å². The van der Waals surface area contributed by atoms with E-state index in [1.54, 1.807) is 0 Å². The van der Waals surface area contributed by atoms with E-state index in [1.807, 2.05) is 23.6 Å². The minimum atomic E-state index is -0.296. The molecule has 0 spiro atoms. The molecule has 3 heteroatoms. The van der Waals surface area contributed by atoms with E-state index in [1.165, 1.54) is 12.7 Å². The van der Waals surface area contributed by atoms with E-state index in [-0.39, 0.29) is 5.97 Å². The zero-order valence-electron chi connectivity index (χ0n) is 10.9. The molecule has 2 rings (SSSR count). The molecule has 0 aliphatic rings. The molecule has 0 amide bonds. The molecule has 0 atom stereocenters. The van der Waals surface area contributed by atoms with Gasteiger partial charge in [-0.3, -0.25) is 0 Å². The molecular formula is C15H17NO2. The molecule has 18 heavy (non-hydrogen) atoms. The second-order valence-electron chi connectivity index (χ2n) is 4.21. The van der Waals surface area contributed by atoms with Crippen molar-refractivity contribution in [3.63, 3.8) is 0 Å². The first-order valence-electron chi connectivity index (χ1n) is 6.02. The highest BCUT2D eigenvalue weighted by atomic mass is 16.5. The second kappa shape index (κ2) is 5.08. The molecule has 0 bridgehead atoms. The highest BCUT2D eigenvalue weighted by molar-refractivity contribution is 5.89. The van der Waals surface area contributed by atoms with E-state index in [0.717, 1.165) is 17.8 Å². The molecule has 0 fully saturated rings. The predicted octanol–water partition coefficient (Wildman–Crippen LogP) is 3.27. The van der Waals surface area contributed by atoms with Gasteiger partial charge in [-0.05, 0) is 31.5 Å². The molecule has 0 unspecified atom stereocenters. The summed E-state index contributed by atoms with van der Waals surface area (Å²) in [6, 6.07) is 12.0. The summed E-state index contributed by atoms with van der Waals surface area (Å²) in [5.74, 6) is -0.296. The number of carbonyl (C=O) groups excluding carboxylic acids is 1. The summed E-state index contributed by atoms with van der Waals surface area (Å²) in [4.78, 5) is 11.6. The monoisotopic (exact) mass is 243 g/mol.